The summed E-state index contributed by atoms with van der Waals surface area (Å²) in [5.41, 5.74) is 0. The monoisotopic (exact) mass is 224 g/mol. The quantitative estimate of drug-likeness (QED) is 0.459. The van der Waals surface area contributed by atoms with Gasteiger partial charge in [-0.05, 0) is 0 Å². The molecular formula is C9H20O6. The zero-order valence-corrected chi connectivity index (χ0v) is 9.29. The van der Waals surface area contributed by atoms with Crippen LogP contribution in [0.2, 0.25) is 0 Å². The highest BCUT2D eigenvalue weighted by atomic mass is 16.5. The van der Waals surface area contributed by atoms with Crippen molar-refractivity contribution in [1.29, 1.82) is 0 Å². The molecule has 0 aromatic heterocycles. The summed E-state index contributed by atoms with van der Waals surface area (Å²) >= 11 is 0. The van der Waals surface area contributed by atoms with Gasteiger partial charge in [0.2, 0.25) is 0 Å². The normalized spacial score (nSPS) is 19.6. The maximum absolute atomic E-state index is 9.74. The molecule has 0 aromatic carbocycles. The lowest BCUT2D eigenvalue weighted by atomic mass is 10.0. The van der Waals surface area contributed by atoms with Gasteiger partial charge in [0.25, 0.3) is 0 Å². The van der Waals surface area contributed by atoms with Crippen molar-refractivity contribution in [3.8, 4) is 0 Å². The minimum Gasteiger partial charge on any atom is -0.394 e. The fourth-order valence-corrected chi connectivity index (χ4v) is 1.32. The van der Waals surface area contributed by atoms with E-state index in [9.17, 15) is 10.2 Å². The molecule has 0 heterocycles. The van der Waals surface area contributed by atoms with Gasteiger partial charge in [-0.1, -0.05) is 0 Å². The molecule has 6 heteroatoms. The highest BCUT2D eigenvalue weighted by molar-refractivity contribution is 4.82. The van der Waals surface area contributed by atoms with E-state index in [1.807, 2.05) is 0 Å². The van der Waals surface area contributed by atoms with Crippen LogP contribution >= 0.6 is 0 Å². The second kappa shape index (κ2) is 7.98. The molecule has 0 fully saturated rings. The first kappa shape index (κ1) is 14.8. The fourth-order valence-electron chi connectivity index (χ4n) is 1.32. The summed E-state index contributed by atoms with van der Waals surface area (Å²) in [5, 5.41) is 28.2. The van der Waals surface area contributed by atoms with E-state index in [-0.39, 0.29) is 13.2 Å². The summed E-state index contributed by atoms with van der Waals surface area (Å²) in [6.07, 6.45) is -3.74. The van der Waals surface area contributed by atoms with Gasteiger partial charge < -0.3 is 29.5 Å². The van der Waals surface area contributed by atoms with Crippen LogP contribution in [0.5, 0.6) is 0 Å². The number of hydrogen-bond donors (Lipinski definition) is 3. The van der Waals surface area contributed by atoms with Gasteiger partial charge in [-0.2, -0.15) is 0 Å². The van der Waals surface area contributed by atoms with Gasteiger partial charge in [0.15, 0.2) is 0 Å². The molecule has 92 valence electrons. The Labute approximate surface area is 89.4 Å². The summed E-state index contributed by atoms with van der Waals surface area (Å²) in [4.78, 5) is 0. The summed E-state index contributed by atoms with van der Waals surface area (Å²) in [6.45, 7) is -0.311. The van der Waals surface area contributed by atoms with Crippen LogP contribution in [-0.2, 0) is 14.2 Å². The SMILES string of the molecule is COC[C@@H](O)[C@H](OC)[C@H](O)[C@H](CO)OC. The number of rotatable bonds is 8. The minimum absolute atomic E-state index is 0.0391. The average Bonchev–Trinajstić information content (AvgIpc) is 2.21. The molecule has 0 aliphatic carbocycles. The first-order valence-electron chi connectivity index (χ1n) is 4.63. The van der Waals surface area contributed by atoms with Gasteiger partial charge >= 0.3 is 0 Å². The van der Waals surface area contributed by atoms with E-state index in [0.29, 0.717) is 0 Å². The van der Waals surface area contributed by atoms with Crippen LogP contribution in [0, 0.1) is 0 Å². The smallest absolute Gasteiger partial charge is 0.114 e. The molecule has 15 heavy (non-hydrogen) atoms. The van der Waals surface area contributed by atoms with E-state index < -0.39 is 24.4 Å². The van der Waals surface area contributed by atoms with Crippen molar-refractivity contribution in [3.05, 3.63) is 0 Å². The first-order chi connectivity index (χ1) is 7.12. The van der Waals surface area contributed by atoms with Crippen molar-refractivity contribution in [2.24, 2.45) is 0 Å². The Hall–Kier alpha value is -0.240. The van der Waals surface area contributed by atoms with Crippen LogP contribution < -0.4 is 0 Å². The van der Waals surface area contributed by atoms with Crippen LogP contribution in [0.4, 0.5) is 0 Å². The number of aliphatic hydroxyl groups excluding tert-OH is 3. The average molecular weight is 224 g/mol. The Morgan fingerprint density at radius 1 is 1.07 bits per heavy atom. The van der Waals surface area contributed by atoms with E-state index in [2.05, 4.69) is 0 Å². The van der Waals surface area contributed by atoms with Gasteiger partial charge in [-0.15, -0.1) is 0 Å². The highest BCUT2D eigenvalue weighted by Gasteiger charge is 2.32. The number of methoxy groups -OCH3 is 3. The molecule has 0 bridgehead atoms. The topological polar surface area (TPSA) is 88.4 Å². The molecule has 0 spiro atoms. The van der Waals surface area contributed by atoms with E-state index >= 15 is 0 Å². The van der Waals surface area contributed by atoms with Crippen LogP contribution in [0.15, 0.2) is 0 Å². The van der Waals surface area contributed by atoms with Gasteiger partial charge in [0.1, 0.15) is 24.4 Å². The summed E-state index contributed by atoms with van der Waals surface area (Å²) < 4.78 is 14.5. The van der Waals surface area contributed by atoms with Crippen LogP contribution in [0.25, 0.3) is 0 Å². The van der Waals surface area contributed by atoms with Gasteiger partial charge in [0.05, 0.1) is 13.2 Å². The molecule has 0 aromatic rings. The lowest BCUT2D eigenvalue weighted by Gasteiger charge is -2.29. The Morgan fingerprint density at radius 2 is 1.67 bits per heavy atom. The predicted molar refractivity (Wildman–Crippen MR) is 52.6 cm³/mol. The molecule has 4 atom stereocenters. The van der Waals surface area contributed by atoms with Crippen molar-refractivity contribution < 1.29 is 29.5 Å². The summed E-state index contributed by atoms with van der Waals surface area (Å²) in [5.74, 6) is 0. The van der Waals surface area contributed by atoms with Gasteiger partial charge in [-0.25, -0.2) is 0 Å². The first-order valence-corrected chi connectivity index (χ1v) is 4.63. The molecule has 3 N–H and O–H groups in total. The number of ether oxygens (including phenoxy) is 3. The molecule has 6 nitrogen and oxygen atoms in total. The van der Waals surface area contributed by atoms with Crippen LogP contribution in [0.3, 0.4) is 0 Å². The second-order valence-electron chi connectivity index (χ2n) is 3.17. The van der Waals surface area contributed by atoms with E-state index in [4.69, 9.17) is 19.3 Å². The largest absolute Gasteiger partial charge is 0.394 e. The zero-order chi connectivity index (χ0) is 11.8. The van der Waals surface area contributed by atoms with Crippen LogP contribution in [0.1, 0.15) is 0 Å². The van der Waals surface area contributed by atoms with E-state index in [1.54, 1.807) is 0 Å². The Kier molecular flexibility index (Phi) is 7.85. The molecular weight excluding hydrogens is 204 g/mol. The summed E-state index contributed by atoms with van der Waals surface area (Å²) in [6, 6.07) is 0. The van der Waals surface area contributed by atoms with Crippen molar-refractivity contribution in [1.82, 2.24) is 0 Å². The van der Waals surface area contributed by atoms with Crippen molar-refractivity contribution in [2.45, 2.75) is 24.4 Å². The Bertz CT molecular complexity index is 150. The minimum atomic E-state index is -1.12. The summed E-state index contributed by atoms with van der Waals surface area (Å²) in [7, 11) is 4.15. The maximum Gasteiger partial charge on any atom is 0.114 e. The number of hydrogen-bond acceptors (Lipinski definition) is 6. The van der Waals surface area contributed by atoms with E-state index in [0.717, 1.165) is 0 Å². The van der Waals surface area contributed by atoms with Crippen molar-refractivity contribution in [2.75, 3.05) is 34.5 Å². The molecule has 0 amide bonds. The fraction of sp³-hybridized carbons (Fsp3) is 1.00. The maximum atomic E-state index is 9.74. The van der Waals surface area contributed by atoms with Gasteiger partial charge in [-0.3, -0.25) is 0 Å². The molecule has 0 aliphatic heterocycles. The standard InChI is InChI=1S/C9H20O6/c1-13-5-6(11)9(15-3)8(12)7(4-10)14-2/h6-12H,4-5H2,1-3H3/t6-,7+,8-,9+/m1/s1. The Balaban J connectivity index is 4.36. The number of aliphatic hydroxyl groups is 3. The molecule has 0 aliphatic rings. The third kappa shape index (κ3) is 4.42. The van der Waals surface area contributed by atoms with Crippen LogP contribution in [-0.4, -0.2) is 74.3 Å². The zero-order valence-electron chi connectivity index (χ0n) is 9.29. The third-order valence-electron chi connectivity index (χ3n) is 2.19. The molecule has 0 saturated heterocycles. The van der Waals surface area contributed by atoms with E-state index in [1.165, 1.54) is 21.3 Å². The van der Waals surface area contributed by atoms with Crippen molar-refractivity contribution >= 4 is 0 Å². The lowest BCUT2D eigenvalue weighted by Crippen LogP contribution is -2.49. The predicted octanol–water partition coefficient (Wildman–Crippen LogP) is -1.62. The lowest BCUT2D eigenvalue weighted by molar-refractivity contribution is -0.146. The highest BCUT2D eigenvalue weighted by Crippen LogP contribution is 2.11. The molecule has 0 radical (unpaired) electrons. The van der Waals surface area contributed by atoms with Crippen molar-refractivity contribution in [3.63, 3.8) is 0 Å². The van der Waals surface area contributed by atoms with Gasteiger partial charge in [0, 0.05) is 21.3 Å². The molecule has 0 saturated carbocycles. The molecule has 0 unspecified atom stereocenters. The Morgan fingerprint density at radius 3 is 2.00 bits per heavy atom. The second-order valence-corrected chi connectivity index (χ2v) is 3.17. The third-order valence-corrected chi connectivity index (χ3v) is 2.19. The molecule has 0 rings (SSSR count).